The Balaban J connectivity index is 2.00. The highest BCUT2D eigenvalue weighted by molar-refractivity contribution is 7.99. The molecule has 2 aromatic rings. The third-order valence-corrected chi connectivity index (χ3v) is 4.64. The van der Waals surface area contributed by atoms with Gasteiger partial charge in [0.15, 0.2) is 11.0 Å². The van der Waals surface area contributed by atoms with Crippen LogP contribution in [0.3, 0.4) is 0 Å². The van der Waals surface area contributed by atoms with E-state index in [-0.39, 0.29) is 17.7 Å². The topological polar surface area (TPSA) is 102 Å². The summed E-state index contributed by atoms with van der Waals surface area (Å²) in [6, 6.07) is 3.29. The lowest BCUT2D eigenvalue weighted by Crippen LogP contribution is -2.43. The van der Waals surface area contributed by atoms with Gasteiger partial charge >= 0.3 is 6.03 Å². The number of hydrogen-bond donors (Lipinski definition) is 2. The van der Waals surface area contributed by atoms with Crippen molar-refractivity contribution in [2.45, 2.75) is 51.4 Å². The number of nitrogens with zero attached hydrogens (tertiary/aromatic N) is 4. The summed E-state index contributed by atoms with van der Waals surface area (Å²) in [5.41, 5.74) is 0.921. The largest absolute Gasteiger partial charge is 0.335 e. The fourth-order valence-electron chi connectivity index (χ4n) is 2.19. The number of amides is 3. The number of pyridine rings is 1. The van der Waals surface area contributed by atoms with Crippen molar-refractivity contribution in [3.05, 3.63) is 24.5 Å². The number of hydrogen-bond acceptors (Lipinski definition) is 6. The van der Waals surface area contributed by atoms with Gasteiger partial charge < -0.3 is 9.88 Å². The summed E-state index contributed by atoms with van der Waals surface area (Å²) >= 11 is 1.26. The molecule has 0 aliphatic rings. The van der Waals surface area contributed by atoms with Crippen LogP contribution in [0.25, 0.3) is 11.4 Å². The van der Waals surface area contributed by atoms with Crippen LogP contribution in [-0.2, 0) is 11.3 Å². The second-order valence-corrected chi connectivity index (χ2v) is 6.76. The Hall–Kier alpha value is -2.42. The number of aromatic nitrogens is 4. The second-order valence-electron chi connectivity index (χ2n) is 5.81. The van der Waals surface area contributed by atoms with E-state index >= 15 is 0 Å². The molecule has 0 aromatic carbocycles. The number of urea groups is 1. The number of carbonyl (C=O) groups excluding carboxylic acids is 2. The summed E-state index contributed by atoms with van der Waals surface area (Å²) in [6.45, 7) is 6.65. The Labute approximate surface area is 157 Å². The van der Waals surface area contributed by atoms with Crippen LogP contribution in [0.4, 0.5) is 4.79 Å². The molecule has 140 valence electrons. The summed E-state index contributed by atoms with van der Waals surface area (Å²) < 4.78 is 1.98. The number of rotatable bonds is 8. The minimum absolute atomic E-state index is 0.0195. The summed E-state index contributed by atoms with van der Waals surface area (Å²) in [7, 11) is 0. The fourth-order valence-corrected chi connectivity index (χ4v) is 2.95. The predicted octanol–water partition coefficient (Wildman–Crippen LogP) is 2.47. The van der Waals surface area contributed by atoms with E-state index in [1.807, 2.05) is 30.5 Å². The Morgan fingerprint density at radius 1 is 1.23 bits per heavy atom. The first-order chi connectivity index (χ1) is 12.5. The third kappa shape index (κ3) is 5.55. The molecule has 0 saturated heterocycles. The van der Waals surface area contributed by atoms with Gasteiger partial charge in [0.2, 0.25) is 5.91 Å². The van der Waals surface area contributed by atoms with Gasteiger partial charge in [0.25, 0.3) is 0 Å². The monoisotopic (exact) mass is 376 g/mol. The van der Waals surface area contributed by atoms with Crippen LogP contribution in [0.1, 0.15) is 33.6 Å². The number of thioether (sulfide) groups is 1. The summed E-state index contributed by atoms with van der Waals surface area (Å²) in [5, 5.41) is 14.1. The number of carbonyl (C=O) groups is 2. The molecular weight excluding hydrogens is 352 g/mol. The van der Waals surface area contributed by atoms with E-state index in [4.69, 9.17) is 0 Å². The zero-order valence-corrected chi connectivity index (χ0v) is 16.0. The van der Waals surface area contributed by atoms with Crippen LogP contribution in [0.15, 0.2) is 29.7 Å². The normalized spacial score (nSPS) is 11.8. The molecular formula is C17H24N6O2S. The van der Waals surface area contributed by atoms with Gasteiger partial charge in [0, 0.05) is 30.5 Å². The van der Waals surface area contributed by atoms with Gasteiger partial charge in [-0.25, -0.2) is 4.79 Å². The maximum absolute atomic E-state index is 12.0. The molecule has 0 fully saturated rings. The minimum Gasteiger partial charge on any atom is -0.335 e. The van der Waals surface area contributed by atoms with Crippen molar-refractivity contribution >= 4 is 23.7 Å². The number of nitrogens with one attached hydrogen (secondary N) is 2. The van der Waals surface area contributed by atoms with Crippen LogP contribution in [0.5, 0.6) is 0 Å². The average molecular weight is 376 g/mol. The van der Waals surface area contributed by atoms with Crippen molar-refractivity contribution in [1.29, 1.82) is 0 Å². The van der Waals surface area contributed by atoms with Crippen LogP contribution in [-0.4, -0.2) is 43.5 Å². The summed E-state index contributed by atoms with van der Waals surface area (Å²) in [5.74, 6) is 0.463. The Kier molecular flexibility index (Phi) is 7.58. The van der Waals surface area contributed by atoms with Crippen LogP contribution in [0, 0.1) is 0 Å². The second kappa shape index (κ2) is 9.91. The molecule has 0 saturated carbocycles. The van der Waals surface area contributed by atoms with E-state index in [9.17, 15) is 9.59 Å². The Bertz CT molecular complexity index is 734. The average Bonchev–Trinajstić information content (AvgIpc) is 3.03. The van der Waals surface area contributed by atoms with Crippen molar-refractivity contribution in [1.82, 2.24) is 30.4 Å². The Morgan fingerprint density at radius 3 is 2.62 bits per heavy atom. The van der Waals surface area contributed by atoms with Gasteiger partial charge in [0.1, 0.15) is 0 Å². The van der Waals surface area contributed by atoms with Gasteiger partial charge in [-0.05, 0) is 31.9 Å². The lowest BCUT2D eigenvalue weighted by molar-refractivity contribution is -0.117. The van der Waals surface area contributed by atoms with Crippen molar-refractivity contribution in [2.75, 3.05) is 5.75 Å². The van der Waals surface area contributed by atoms with Gasteiger partial charge in [0.05, 0.1) is 5.75 Å². The highest BCUT2D eigenvalue weighted by Crippen LogP contribution is 2.23. The predicted molar refractivity (Wildman–Crippen MR) is 101 cm³/mol. The lowest BCUT2D eigenvalue weighted by Gasteiger charge is -2.12. The summed E-state index contributed by atoms with van der Waals surface area (Å²) in [4.78, 5) is 27.7. The first-order valence-corrected chi connectivity index (χ1v) is 9.60. The molecule has 2 aromatic heterocycles. The lowest BCUT2D eigenvalue weighted by atomic mass is 10.2. The maximum Gasteiger partial charge on any atom is 0.321 e. The molecule has 2 heterocycles. The fraction of sp³-hybridized carbons (Fsp3) is 0.471. The highest BCUT2D eigenvalue weighted by Gasteiger charge is 2.16. The van der Waals surface area contributed by atoms with Gasteiger partial charge in [-0.3, -0.25) is 15.1 Å². The molecule has 8 nitrogen and oxygen atoms in total. The summed E-state index contributed by atoms with van der Waals surface area (Å²) in [6.07, 6.45) is 5.12. The molecule has 3 amide bonds. The molecule has 0 spiro atoms. The smallest absolute Gasteiger partial charge is 0.321 e. The standard InChI is InChI=1S/C17H24N6O2S/c1-4-10-23-15(13-6-8-18-9-7-13)21-22-17(23)26-11-14(24)20-16(25)19-12(3)5-2/h6-9,12H,4-5,10-11H2,1-3H3,(H2,19,20,24,25)/t12-/m0/s1. The van der Waals surface area contributed by atoms with Crippen LogP contribution < -0.4 is 10.6 Å². The van der Waals surface area contributed by atoms with Crippen molar-refractivity contribution < 1.29 is 9.59 Å². The number of imide groups is 1. The molecule has 0 aliphatic heterocycles. The first kappa shape index (κ1) is 19.9. The van der Waals surface area contributed by atoms with Crippen molar-refractivity contribution in [2.24, 2.45) is 0 Å². The van der Waals surface area contributed by atoms with Crippen LogP contribution in [0.2, 0.25) is 0 Å². The Morgan fingerprint density at radius 2 is 1.96 bits per heavy atom. The van der Waals surface area contributed by atoms with Crippen molar-refractivity contribution in [3.63, 3.8) is 0 Å². The molecule has 0 bridgehead atoms. The molecule has 26 heavy (non-hydrogen) atoms. The van der Waals surface area contributed by atoms with Gasteiger partial charge in [-0.15, -0.1) is 10.2 Å². The zero-order chi connectivity index (χ0) is 18.9. The van der Waals surface area contributed by atoms with E-state index < -0.39 is 6.03 Å². The SMILES string of the molecule is CCCn1c(SCC(=O)NC(=O)N[C@@H](C)CC)nnc1-c1ccncc1. The van der Waals surface area contributed by atoms with E-state index in [0.717, 1.165) is 30.8 Å². The van der Waals surface area contributed by atoms with E-state index in [0.29, 0.717) is 5.16 Å². The molecule has 2 N–H and O–H groups in total. The minimum atomic E-state index is -0.475. The van der Waals surface area contributed by atoms with E-state index in [1.165, 1.54) is 11.8 Å². The van der Waals surface area contributed by atoms with Gasteiger partial charge in [-0.2, -0.15) is 0 Å². The third-order valence-electron chi connectivity index (χ3n) is 3.68. The molecule has 9 heteroatoms. The molecule has 1 atom stereocenters. The highest BCUT2D eigenvalue weighted by atomic mass is 32.2. The maximum atomic E-state index is 12.0. The van der Waals surface area contributed by atoms with E-state index in [2.05, 4.69) is 32.7 Å². The van der Waals surface area contributed by atoms with Gasteiger partial charge in [-0.1, -0.05) is 25.6 Å². The quantitative estimate of drug-likeness (QED) is 0.686. The molecule has 0 radical (unpaired) electrons. The van der Waals surface area contributed by atoms with Crippen molar-refractivity contribution in [3.8, 4) is 11.4 Å². The molecule has 0 aliphatic carbocycles. The van der Waals surface area contributed by atoms with E-state index in [1.54, 1.807) is 12.4 Å². The van der Waals surface area contributed by atoms with Crippen LogP contribution >= 0.6 is 11.8 Å². The molecule has 2 rings (SSSR count). The first-order valence-electron chi connectivity index (χ1n) is 8.61. The molecule has 0 unspecified atom stereocenters. The zero-order valence-electron chi connectivity index (χ0n) is 15.2.